The Hall–Kier alpha value is -6.30. The van der Waals surface area contributed by atoms with Crippen molar-refractivity contribution in [2.24, 2.45) is 0 Å². The number of para-hydroxylation sites is 1. The molecule has 10 rings (SSSR count). The molecule has 7 heterocycles. The van der Waals surface area contributed by atoms with Gasteiger partial charge in [-0.25, -0.2) is 0 Å². The molecule has 0 saturated carbocycles. The molecule has 5 fully saturated rings. The summed E-state index contributed by atoms with van der Waals surface area (Å²) >= 11 is 0. The van der Waals surface area contributed by atoms with Crippen molar-refractivity contribution in [3.63, 3.8) is 0 Å². The molecule has 4 aromatic rings. The lowest BCUT2D eigenvalue weighted by Gasteiger charge is -2.43. The lowest BCUT2D eigenvalue weighted by Crippen LogP contribution is -2.54. The number of amides is 4. The zero-order chi connectivity index (χ0) is 44.6. The van der Waals surface area contributed by atoms with Gasteiger partial charge in [-0.3, -0.25) is 39.2 Å². The van der Waals surface area contributed by atoms with Gasteiger partial charge in [0.15, 0.2) is 5.82 Å². The minimum atomic E-state index is -0.972. The van der Waals surface area contributed by atoms with E-state index in [-0.39, 0.29) is 24.7 Å². The number of carbonyl (C=O) groups excluding carboxylic acids is 4. The minimum absolute atomic E-state index is 0.0930. The highest BCUT2D eigenvalue weighted by Crippen LogP contribution is 2.40. The number of piperidine rings is 2. The zero-order valence-corrected chi connectivity index (χ0v) is 36.5. The molecule has 1 aromatic heterocycles. The van der Waals surface area contributed by atoms with E-state index in [1.165, 1.54) is 5.69 Å². The number of piperazine rings is 2. The summed E-state index contributed by atoms with van der Waals surface area (Å²) in [5.41, 5.74) is 11.1. The van der Waals surface area contributed by atoms with Crippen molar-refractivity contribution < 1.29 is 33.8 Å². The van der Waals surface area contributed by atoms with E-state index in [0.29, 0.717) is 53.5 Å². The number of anilines is 4. The Kier molecular flexibility index (Phi) is 12.0. The van der Waals surface area contributed by atoms with E-state index in [1.54, 1.807) is 24.3 Å². The highest BCUT2D eigenvalue weighted by molar-refractivity contribution is 6.23. The Bertz CT molecular complexity index is 2440. The number of aromatic hydroxyl groups is 1. The van der Waals surface area contributed by atoms with Gasteiger partial charge >= 0.3 is 0 Å². The molecular formula is C48H56N10O7. The van der Waals surface area contributed by atoms with Crippen molar-refractivity contribution >= 4 is 46.5 Å². The summed E-state index contributed by atoms with van der Waals surface area (Å²) in [5.74, 6) is -0.523. The molecule has 5 saturated heterocycles. The first-order valence-electron chi connectivity index (χ1n) is 23.0. The van der Waals surface area contributed by atoms with E-state index in [1.807, 2.05) is 30.3 Å². The van der Waals surface area contributed by atoms with Gasteiger partial charge in [-0.15, -0.1) is 10.2 Å². The van der Waals surface area contributed by atoms with Crippen LogP contribution < -0.4 is 30.5 Å². The molecule has 4 amide bonds. The highest BCUT2D eigenvalue weighted by atomic mass is 16.5. The Labute approximate surface area is 378 Å². The number of carbonyl (C=O) groups is 4. The van der Waals surface area contributed by atoms with Crippen molar-refractivity contribution in [1.29, 1.82) is 0 Å². The van der Waals surface area contributed by atoms with Crippen LogP contribution in [0.3, 0.4) is 0 Å². The van der Waals surface area contributed by atoms with Crippen LogP contribution in [0.15, 0.2) is 72.8 Å². The fourth-order valence-corrected chi connectivity index (χ4v) is 10.5. The molecule has 17 nitrogen and oxygen atoms in total. The van der Waals surface area contributed by atoms with E-state index in [0.717, 1.165) is 113 Å². The zero-order valence-electron chi connectivity index (χ0n) is 36.5. The number of hydrogen-bond acceptors (Lipinski definition) is 15. The second-order valence-corrected chi connectivity index (χ2v) is 18.0. The largest absolute Gasteiger partial charge is 0.507 e. The summed E-state index contributed by atoms with van der Waals surface area (Å²) in [6.07, 6.45) is 4.32. The van der Waals surface area contributed by atoms with Crippen molar-refractivity contribution in [3.05, 3.63) is 83.9 Å². The number of aromatic nitrogens is 2. The summed E-state index contributed by atoms with van der Waals surface area (Å²) in [6.45, 7) is 10.2. The summed E-state index contributed by atoms with van der Waals surface area (Å²) in [5, 5.41) is 21.2. The van der Waals surface area contributed by atoms with Crippen LogP contribution in [0.4, 0.5) is 22.9 Å². The number of nitrogen functional groups attached to an aromatic ring is 1. The molecule has 0 aliphatic carbocycles. The second kappa shape index (κ2) is 18.3. The first-order chi connectivity index (χ1) is 31.7. The number of nitrogens with zero attached hydrogens (tertiary/aromatic N) is 8. The Morgan fingerprint density at radius 3 is 2.15 bits per heavy atom. The average molecular weight is 885 g/mol. The maximum absolute atomic E-state index is 13.3. The van der Waals surface area contributed by atoms with Crippen LogP contribution in [0.1, 0.15) is 59.2 Å². The van der Waals surface area contributed by atoms with Gasteiger partial charge in [-0.1, -0.05) is 18.2 Å². The van der Waals surface area contributed by atoms with Crippen molar-refractivity contribution in [3.8, 4) is 22.8 Å². The number of nitrogens with one attached hydrogen (secondary N) is 1. The predicted octanol–water partition coefficient (Wildman–Crippen LogP) is 3.37. The van der Waals surface area contributed by atoms with Gasteiger partial charge in [0, 0.05) is 107 Å². The number of phenols is 1. The molecule has 2 bridgehead atoms. The van der Waals surface area contributed by atoms with Crippen LogP contribution in [-0.2, 0) is 14.3 Å². The van der Waals surface area contributed by atoms with E-state index >= 15 is 0 Å². The number of hydrogen-bond donors (Lipinski definition) is 3. The summed E-state index contributed by atoms with van der Waals surface area (Å²) in [6, 6.07) is 22.6. The van der Waals surface area contributed by atoms with Gasteiger partial charge in [0.2, 0.25) is 11.8 Å². The SMILES string of the molecule is Nc1nnc(-c2ccccc2O)cc1N1CC2CCC(C1)N2c1cccc(OCCN2CCN(CCOC3CCN(c4ccc5c(c4)C(=O)N(C4CCC(=O)NC4=O)C5=O)CC3)CC2)c1. The molecule has 0 spiro atoms. The maximum atomic E-state index is 13.3. The molecule has 4 N–H and O–H groups in total. The van der Waals surface area contributed by atoms with Gasteiger partial charge in [-0.2, -0.15) is 0 Å². The number of phenolic OH excluding ortho intramolecular Hbond substituents is 1. The molecule has 340 valence electrons. The quantitative estimate of drug-likeness (QED) is 0.166. The van der Waals surface area contributed by atoms with Crippen LogP contribution >= 0.6 is 0 Å². The van der Waals surface area contributed by atoms with Crippen LogP contribution in [0.5, 0.6) is 11.5 Å². The van der Waals surface area contributed by atoms with E-state index in [9.17, 15) is 24.3 Å². The molecule has 3 aromatic carbocycles. The highest BCUT2D eigenvalue weighted by Gasteiger charge is 2.45. The van der Waals surface area contributed by atoms with Gasteiger partial charge in [0.1, 0.15) is 24.1 Å². The van der Waals surface area contributed by atoms with Gasteiger partial charge in [0.25, 0.3) is 11.8 Å². The molecule has 65 heavy (non-hydrogen) atoms. The Balaban J connectivity index is 0.633. The van der Waals surface area contributed by atoms with Crippen LogP contribution in [0.2, 0.25) is 0 Å². The molecule has 6 aliphatic heterocycles. The smallest absolute Gasteiger partial charge is 0.262 e. The van der Waals surface area contributed by atoms with Crippen LogP contribution in [0.25, 0.3) is 11.3 Å². The molecule has 17 heteroatoms. The lowest BCUT2D eigenvalue weighted by atomic mass is 10.0. The standard InChI is InChI=1S/C48H56N10O7/c49-45-42(28-40(51-52-45)38-6-1-2-7-43(38)59)56-29-33-8-9-34(30-56)57(33)32-4-3-5-36(26-32)65-25-23-54-20-18-53(19-21-54)22-24-64-35-14-16-55(17-15-35)31-10-11-37-39(27-31)48(63)58(47(37)62)41-12-13-44(60)50-46(41)61/h1-7,10-11,26-28,33-35,41,59H,8-9,12-25,29-30H2,(H2,49,52)(H,50,60,61). The Morgan fingerprint density at radius 2 is 1.42 bits per heavy atom. The topological polar surface area (TPSA) is 190 Å². The number of ether oxygens (including phenoxy) is 2. The minimum Gasteiger partial charge on any atom is -0.507 e. The van der Waals surface area contributed by atoms with E-state index < -0.39 is 29.7 Å². The third kappa shape index (κ3) is 8.79. The van der Waals surface area contributed by atoms with Crippen LogP contribution in [-0.4, -0.2) is 157 Å². The molecule has 3 unspecified atom stereocenters. The van der Waals surface area contributed by atoms with Gasteiger partial charge in [-0.05, 0) is 80.6 Å². The summed E-state index contributed by atoms with van der Waals surface area (Å²) in [4.78, 5) is 63.5. The second-order valence-electron chi connectivity index (χ2n) is 18.0. The first-order valence-corrected chi connectivity index (χ1v) is 23.0. The maximum Gasteiger partial charge on any atom is 0.262 e. The van der Waals surface area contributed by atoms with E-state index in [4.69, 9.17) is 15.2 Å². The number of nitrogens with two attached hydrogens (primary N) is 1. The van der Waals surface area contributed by atoms with Gasteiger partial charge < -0.3 is 35.0 Å². The van der Waals surface area contributed by atoms with Gasteiger partial charge in [0.05, 0.1) is 35.2 Å². The Morgan fingerprint density at radius 1 is 0.692 bits per heavy atom. The fourth-order valence-electron chi connectivity index (χ4n) is 10.5. The third-order valence-electron chi connectivity index (χ3n) is 14.1. The van der Waals surface area contributed by atoms with E-state index in [2.05, 4.69) is 58.2 Å². The van der Waals surface area contributed by atoms with Crippen LogP contribution in [0, 0.1) is 0 Å². The van der Waals surface area contributed by atoms with Crippen molar-refractivity contribution in [2.45, 2.75) is 62.8 Å². The molecule has 0 radical (unpaired) electrons. The number of benzene rings is 3. The molecule has 3 atom stereocenters. The number of fused-ring (bicyclic) bond motifs is 3. The predicted molar refractivity (Wildman–Crippen MR) is 244 cm³/mol. The number of imide groups is 2. The summed E-state index contributed by atoms with van der Waals surface area (Å²) < 4.78 is 12.7. The monoisotopic (exact) mass is 884 g/mol. The number of rotatable bonds is 13. The summed E-state index contributed by atoms with van der Waals surface area (Å²) in [7, 11) is 0. The third-order valence-corrected chi connectivity index (χ3v) is 14.1. The van der Waals surface area contributed by atoms with Crippen molar-refractivity contribution in [2.75, 3.05) is 99.1 Å². The van der Waals surface area contributed by atoms with Crippen molar-refractivity contribution in [1.82, 2.24) is 30.2 Å². The molecule has 6 aliphatic rings. The average Bonchev–Trinajstić information content (AvgIpc) is 3.73. The molecular weight excluding hydrogens is 829 g/mol. The normalized spacial score (nSPS) is 23.0. The fraction of sp³-hybridized carbons (Fsp3) is 0.458. The first kappa shape index (κ1) is 42.6. The lowest BCUT2D eigenvalue weighted by molar-refractivity contribution is -0.136.